The predicted molar refractivity (Wildman–Crippen MR) is 81.8 cm³/mol. The van der Waals surface area contributed by atoms with Crippen LogP contribution in [0.3, 0.4) is 0 Å². The van der Waals surface area contributed by atoms with Crippen LogP contribution in [0.25, 0.3) is 0 Å². The van der Waals surface area contributed by atoms with Gasteiger partial charge in [-0.15, -0.1) is 0 Å². The van der Waals surface area contributed by atoms with E-state index in [4.69, 9.17) is 0 Å². The minimum Gasteiger partial charge on any atom is -0.334 e. The zero-order valence-electron chi connectivity index (χ0n) is 12.2. The Labute approximate surface area is 121 Å². The number of urea groups is 1. The second kappa shape index (κ2) is 7.39. The van der Waals surface area contributed by atoms with Gasteiger partial charge in [0, 0.05) is 30.9 Å². The highest BCUT2D eigenvalue weighted by Crippen LogP contribution is 2.17. The van der Waals surface area contributed by atoms with Crippen molar-refractivity contribution in [2.75, 3.05) is 37.7 Å². The number of thioether (sulfide) groups is 1. The van der Waals surface area contributed by atoms with Gasteiger partial charge in [-0.2, -0.15) is 11.8 Å². The minimum atomic E-state index is 0.151. The van der Waals surface area contributed by atoms with Gasteiger partial charge in [0.15, 0.2) is 0 Å². The predicted octanol–water partition coefficient (Wildman–Crippen LogP) is 2.01. The van der Waals surface area contributed by atoms with E-state index in [9.17, 15) is 4.79 Å². The smallest absolute Gasteiger partial charge is 0.317 e. The topological polar surface area (TPSA) is 35.6 Å². The van der Waals surface area contributed by atoms with Gasteiger partial charge in [-0.1, -0.05) is 6.92 Å². The number of carbonyl (C=O) groups excluding carboxylic acids is 1. The van der Waals surface area contributed by atoms with Crippen LogP contribution in [0.2, 0.25) is 0 Å². The number of nitrogens with one attached hydrogen (secondary N) is 1. The molecule has 0 radical (unpaired) electrons. The summed E-state index contributed by atoms with van der Waals surface area (Å²) in [4.78, 5) is 16.9. The van der Waals surface area contributed by atoms with Crippen LogP contribution in [0.4, 0.5) is 4.79 Å². The van der Waals surface area contributed by atoms with Crippen LogP contribution in [0, 0.1) is 0 Å². The molecule has 4 nitrogen and oxygen atoms in total. The Hall–Kier alpha value is -0.420. The lowest BCUT2D eigenvalue weighted by Gasteiger charge is -2.35. The molecule has 2 atom stereocenters. The molecule has 2 aliphatic heterocycles. The molecule has 5 heteroatoms. The minimum absolute atomic E-state index is 0.151. The summed E-state index contributed by atoms with van der Waals surface area (Å²) in [6, 6.07) is 0.864. The number of hydrogen-bond donors (Lipinski definition) is 1. The Morgan fingerprint density at radius 3 is 2.95 bits per heavy atom. The third kappa shape index (κ3) is 4.28. The summed E-state index contributed by atoms with van der Waals surface area (Å²) in [6.07, 6.45) is 3.44. The molecule has 0 saturated carbocycles. The second-order valence-electron chi connectivity index (χ2n) is 5.63. The van der Waals surface area contributed by atoms with E-state index in [1.54, 1.807) is 0 Å². The van der Waals surface area contributed by atoms with Crippen LogP contribution < -0.4 is 5.32 Å². The highest BCUT2D eigenvalue weighted by molar-refractivity contribution is 7.99. The van der Waals surface area contributed by atoms with E-state index < -0.39 is 0 Å². The van der Waals surface area contributed by atoms with E-state index >= 15 is 0 Å². The van der Waals surface area contributed by atoms with Crippen LogP contribution >= 0.6 is 11.8 Å². The van der Waals surface area contributed by atoms with Crippen molar-refractivity contribution < 1.29 is 4.79 Å². The van der Waals surface area contributed by atoms with Crippen LogP contribution in [-0.2, 0) is 0 Å². The maximum atomic E-state index is 12.4. The summed E-state index contributed by atoms with van der Waals surface area (Å²) in [5, 5.41) is 3.25. The summed E-state index contributed by atoms with van der Waals surface area (Å²) >= 11 is 1.96. The Morgan fingerprint density at radius 1 is 1.32 bits per heavy atom. The number of hydrogen-bond acceptors (Lipinski definition) is 3. The van der Waals surface area contributed by atoms with E-state index in [-0.39, 0.29) is 6.03 Å². The molecule has 0 aromatic heterocycles. The highest BCUT2D eigenvalue weighted by atomic mass is 32.2. The molecule has 2 saturated heterocycles. The fraction of sp³-hybridized carbons (Fsp3) is 0.929. The molecule has 2 amide bonds. The Morgan fingerprint density at radius 2 is 2.16 bits per heavy atom. The lowest BCUT2D eigenvalue weighted by Crippen LogP contribution is -2.53. The fourth-order valence-corrected chi connectivity index (χ4v) is 3.95. The van der Waals surface area contributed by atoms with E-state index in [1.165, 1.54) is 18.7 Å². The van der Waals surface area contributed by atoms with Gasteiger partial charge >= 0.3 is 6.03 Å². The molecule has 2 heterocycles. The molecule has 1 N–H and O–H groups in total. The molecule has 0 unspecified atom stereocenters. The van der Waals surface area contributed by atoms with Crippen molar-refractivity contribution in [2.24, 2.45) is 0 Å². The largest absolute Gasteiger partial charge is 0.334 e. The van der Waals surface area contributed by atoms with E-state index in [2.05, 4.69) is 24.1 Å². The van der Waals surface area contributed by atoms with E-state index in [0.29, 0.717) is 12.1 Å². The van der Waals surface area contributed by atoms with Crippen molar-refractivity contribution in [1.82, 2.24) is 15.1 Å². The van der Waals surface area contributed by atoms with E-state index in [1.807, 2.05) is 16.7 Å². The van der Waals surface area contributed by atoms with Crippen molar-refractivity contribution in [3.8, 4) is 0 Å². The second-order valence-corrected chi connectivity index (χ2v) is 6.85. The van der Waals surface area contributed by atoms with Crippen LogP contribution in [0.1, 0.15) is 33.1 Å². The average Bonchev–Trinajstić information content (AvgIpc) is 2.63. The number of likely N-dealkylation sites (N-methyl/N-ethyl adjacent to an activating group) is 1. The first-order chi connectivity index (χ1) is 9.20. The average molecular weight is 285 g/mol. The highest BCUT2D eigenvalue weighted by Gasteiger charge is 2.26. The van der Waals surface area contributed by atoms with Crippen molar-refractivity contribution in [2.45, 2.75) is 45.2 Å². The summed E-state index contributed by atoms with van der Waals surface area (Å²) < 4.78 is 0. The first kappa shape index (κ1) is 15.0. The van der Waals surface area contributed by atoms with Gasteiger partial charge in [-0.3, -0.25) is 0 Å². The zero-order valence-corrected chi connectivity index (χ0v) is 13.0. The molecule has 0 aliphatic carbocycles. The summed E-state index contributed by atoms with van der Waals surface area (Å²) in [5.74, 6) is 2.25. The molecule has 110 valence electrons. The Bertz CT molecular complexity index is 300. The van der Waals surface area contributed by atoms with Crippen LogP contribution in [0.5, 0.6) is 0 Å². The van der Waals surface area contributed by atoms with Crippen molar-refractivity contribution >= 4 is 17.8 Å². The lowest BCUT2D eigenvalue weighted by atomic mass is 10.1. The standard InChI is InChI=1S/C14H27N3OS/c1-3-16-7-4-5-13(11-16)15-14(18)17-8-10-19-9-6-12(17)2/h12-13H,3-11H2,1-2H3,(H,15,18)/t12-,13+/m0/s1. The molecular weight excluding hydrogens is 258 g/mol. The molecule has 19 heavy (non-hydrogen) atoms. The van der Waals surface area contributed by atoms with Gasteiger partial charge in [-0.25, -0.2) is 4.79 Å². The molecule has 0 aromatic rings. The number of rotatable bonds is 2. The van der Waals surface area contributed by atoms with Crippen LogP contribution in [-0.4, -0.2) is 65.6 Å². The van der Waals surface area contributed by atoms with Crippen molar-refractivity contribution in [3.05, 3.63) is 0 Å². The quantitative estimate of drug-likeness (QED) is 0.843. The van der Waals surface area contributed by atoms with Crippen molar-refractivity contribution in [1.29, 1.82) is 0 Å². The van der Waals surface area contributed by atoms with Crippen molar-refractivity contribution in [3.63, 3.8) is 0 Å². The zero-order chi connectivity index (χ0) is 13.7. The number of amides is 2. The van der Waals surface area contributed by atoms with Gasteiger partial charge in [0.05, 0.1) is 0 Å². The normalized spacial score (nSPS) is 29.9. The lowest BCUT2D eigenvalue weighted by molar-refractivity contribution is 0.160. The molecule has 0 bridgehead atoms. The summed E-state index contributed by atoms with van der Waals surface area (Å²) in [6.45, 7) is 8.53. The summed E-state index contributed by atoms with van der Waals surface area (Å²) in [7, 11) is 0. The number of piperidine rings is 1. The first-order valence-corrected chi connectivity index (χ1v) is 8.73. The fourth-order valence-electron chi connectivity index (χ4n) is 2.91. The van der Waals surface area contributed by atoms with Crippen LogP contribution in [0.15, 0.2) is 0 Å². The van der Waals surface area contributed by atoms with Gasteiger partial charge in [-0.05, 0) is 45.0 Å². The number of carbonyl (C=O) groups is 1. The Balaban J connectivity index is 1.85. The molecular formula is C14H27N3OS. The van der Waals surface area contributed by atoms with Gasteiger partial charge in [0.2, 0.25) is 0 Å². The molecule has 0 spiro atoms. The first-order valence-electron chi connectivity index (χ1n) is 7.58. The van der Waals surface area contributed by atoms with Gasteiger partial charge in [0.25, 0.3) is 0 Å². The molecule has 2 aliphatic rings. The molecule has 0 aromatic carbocycles. The maximum absolute atomic E-state index is 12.4. The summed E-state index contributed by atoms with van der Waals surface area (Å²) in [5.41, 5.74) is 0. The SMILES string of the molecule is CCN1CCC[C@@H](NC(=O)N2CCSCC[C@@H]2C)C1. The Kier molecular flexibility index (Phi) is 5.82. The number of likely N-dealkylation sites (tertiary alicyclic amines) is 1. The molecule has 2 fully saturated rings. The van der Waals surface area contributed by atoms with Gasteiger partial charge < -0.3 is 15.1 Å². The van der Waals surface area contributed by atoms with E-state index in [0.717, 1.165) is 38.2 Å². The maximum Gasteiger partial charge on any atom is 0.317 e. The number of nitrogens with zero attached hydrogens (tertiary/aromatic N) is 2. The third-order valence-corrected chi connectivity index (χ3v) is 5.23. The third-order valence-electron chi connectivity index (χ3n) is 4.23. The monoisotopic (exact) mass is 285 g/mol. The molecule has 2 rings (SSSR count). The van der Waals surface area contributed by atoms with Gasteiger partial charge in [0.1, 0.15) is 0 Å².